The Hall–Kier alpha value is -2.14. The summed E-state index contributed by atoms with van der Waals surface area (Å²) in [7, 11) is 0. The van der Waals surface area contributed by atoms with Crippen LogP contribution in [0.4, 0.5) is 10.8 Å². The third kappa shape index (κ3) is 2.09. The number of nitrogens with one attached hydrogen (secondary N) is 1. The lowest BCUT2D eigenvalue weighted by atomic mass is 10.3. The Morgan fingerprint density at radius 2 is 2.50 bits per heavy atom. The molecule has 2 aromatic rings. The summed E-state index contributed by atoms with van der Waals surface area (Å²) in [6, 6.07) is 2.00. The van der Waals surface area contributed by atoms with Crippen molar-refractivity contribution in [2.24, 2.45) is 0 Å². The number of rotatable bonds is 4. The number of nitrogens with two attached hydrogens (primary N) is 1. The first kappa shape index (κ1) is 10.4. The van der Waals surface area contributed by atoms with Crippen LogP contribution >= 0.6 is 11.5 Å². The smallest absolute Gasteiger partial charge is 0.228 e. The van der Waals surface area contributed by atoms with Crippen LogP contribution in [0.25, 0.3) is 0 Å². The number of nitrogen functional groups attached to an aromatic ring is 1. The van der Waals surface area contributed by atoms with E-state index in [1.807, 2.05) is 6.07 Å². The van der Waals surface area contributed by atoms with Crippen LogP contribution in [0, 0.1) is 11.3 Å². The predicted octanol–water partition coefficient (Wildman–Crippen LogP) is 0.635. The molecule has 0 aliphatic heterocycles. The van der Waals surface area contributed by atoms with Crippen molar-refractivity contribution in [3.63, 3.8) is 0 Å². The summed E-state index contributed by atoms with van der Waals surface area (Å²) < 4.78 is 8.72. The summed E-state index contributed by atoms with van der Waals surface area (Å²) in [5.74, 6) is 0.802. The average Bonchev–Trinajstić information content (AvgIpc) is 2.89. The zero-order chi connectivity index (χ0) is 11.4. The highest BCUT2D eigenvalue weighted by molar-refractivity contribution is 7.10. The van der Waals surface area contributed by atoms with Gasteiger partial charge in [0.05, 0.1) is 0 Å². The van der Waals surface area contributed by atoms with Crippen LogP contribution in [0.2, 0.25) is 0 Å². The molecule has 0 bridgehead atoms. The number of hydrogen-bond donors (Lipinski definition) is 2. The first-order valence-corrected chi connectivity index (χ1v) is 5.23. The van der Waals surface area contributed by atoms with Gasteiger partial charge in [0.15, 0.2) is 12.1 Å². The Bertz CT molecular complexity index is 499. The van der Waals surface area contributed by atoms with Crippen LogP contribution in [-0.4, -0.2) is 21.1 Å². The maximum Gasteiger partial charge on any atom is 0.228 e. The van der Waals surface area contributed by atoms with E-state index < -0.39 is 0 Å². The second-order valence-electron chi connectivity index (χ2n) is 2.90. The van der Waals surface area contributed by atoms with Gasteiger partial charge in [-0.25, -0.2) is 0 Å². The summed E-state index contributed by atoms with van der Waals surface area (Å²) in [6.45, 7) is 0.582. The van der Waals surface area contributed by atoms with Crippen molar-refractivity contribution in [2.45, 2.75) is 6.42 Å². The maximum atomic E-state index is 8.83. The minimum atomic E-state index is 0.257. The molecule has 0 radical (unpaired) electrons. The number of nitrogens with zero attached hydrogens (tertiary/aromatic N) is 4. The van der Waals surface area contributed by atoms with Crippen molar-refractivity contribution >= 4 is 22.4 Å². The van der Waals surface area contributed by atoms with E-state index in [9.17, 15) is 0 Å². The maximum absolute atomic E-state index is 8.83. The Labute approximate surface area is 95.1 Å². The zero-order valence-corrected chi connectivity index (χ0v) is 8.99. The quantitative estimate of drug-likeness (QED) is 0.800. The summed E-state index contributed by atoms with van der Waals surface area (Å²) >= 11 is 1.16. The molecule has 0 fully saturated rings. The minimum absolute atomic E-state index is 0.257. The molecular formula is C8H8N6OS. The molecule has 0 aliphatic rings. The number of anilines is 2. The molecule has 16 heavy (non-hydrogen) atoms. The number of nitriles is 1. The lowest BCUT2D eigenvalue weighted by Gasteiger charge is -2.00. The van der Waals surface area contributed by atoms with Crippen molar-refractivity contribution in [3.05, 3.63) is 17.8 Å². The van der Waals surface area contributed by atoms with Gasteiger partial charge in [-0.1, -0.05) is 5.16 Å². The van der Waals surface area contributed by atoms with Crippen LogP contribution in [0.3, 0.4) is 0 Å². The molecule has 0 saturated carbocycles. The number of aromatic nitrogens is 3. The molecule has 8 heteroatoms. The fourth-order valence-corrected chi connectivity index (χ4v) is 1.81. The second kappa shape index (κ2) is 4.59. The molecule has 2 aromatic heterocycles. The van der Waals surface area contributed by atoms with E-state index in [0.717, 1.165) is 11.5 Å². The van der Waals surface area contributed by atoms with Gasteiger partial charge >= 0.3 is 0 Å². The Balaban J connectivity index is 1.93. The van der Waals surface area contributed by atoms with Crippen molar-refractivity contribution in [1.82, 2.24) is 14.5 Å². The molecule has 82 valence electrons. The molecule has 0 saturated heterocycles. The van der Waals surface area contributed by atoms with Gasteiger partial charge in [-0.3, -0.25) is 0 Å². The van der Waals surface area contributed by atoms with E-state index in [-0.39, 0.29) is 5.82 Å². The van der Waals surface area contributed by atoms with Crippen LogP contribution in [0.1, 0.15) is 11.5 Å². The van der Waals surface area contributed by atoms with Gasteiger partial charge in [-0.2, -0.15) is 14.6 Å². The summed E-state index contributed by atoms with van der Waals surface area (Å²) in [5, 5.41) is 16.0. The van der Waals surface area contributed by atoms with Gasteiger partial charge in [0.2, 0.25) is 5.89 Å². The molecule has 0 aromatic carbocycles. The lowest BCUT2D eigenvalue weighted by molar-refractivity contribution is 0.380. The molecule has 0 amide bonds. The molecule has 2 heterocycles. The van der Waals surface area contributed by atoms with Crippen molar-refractivity contribution in [2.75, 3.05) is 17.6 Å². The largest absolute Gasteiger partial charge is 0.382 e. The minimum Gasteiger partial charge on any atom is -0.382 e. The zero-order valence-electron chi connectivity index (χ0n) is 8.17. The normalized spacial score (nSPS) is 9.94. The first-order chi connectivity index (χ1) is 7.81. The topological polar surface area (TPSA) is 114 Å². The van der Waals surface area contributed by atoms with E-state index in [1.54, 1.807) is 0 Å². The molecule has 0 aliphatic carbocycles. The standard InChI is InChI=1S/C8H8N6OS/c9-3-5-7(10)14-16-8(5)11-2-1-6-12-4-13-15-6/h4,11H,1-2H2,(H2,10,14). The third-order valence-corrected chi connectivity index (χ3v) is 2.68. The first-order valence-electron chi connectivity index (χ1n) is 4.46. The lowest BCUT2D eigenvalue weighted by Crippen LogP contribution is -2.05. The second-order valence-corrected chi connectivity index (χ2v) is 3.67. The monoisotopic (exact) mass is 236 g/mol. The van der Waals surface area contributed by atoms with E-state index in [4.69, 9.17) is 15.5 Å². The van der Waals surface area contributed by atoms with Crippen molar-refractivity contribution in [1.29, 1.82) is 5.26 Å². The van der Waals surface area contributed by atoms with Gasteiger partial charge in [0.1, 0.15) is 16.6 Å². The van der Waals surface area contributed by atoms with Gasteiger partial charge in [-0.05, 0) is 11.5 Å². The molecule has 0 unspecified atom stereocenters. The van der Waals surface area contributed by atoms with Gasteiger partial charge in [0.25, 0.3) is 0 Å². The summed E-state index contributed by atoms with van der Waals surface area (Å²) in [4.78, 5) is 3.88. The molecule has 0 spiro atoms. The van der Waals surface area contributed by atoms with E-state index in [2.05, 4.69) is 19.8 Å². The molecular weight excluding hydrogens is 228 g/mol. The van der Waals surface area contributed by atoms with Crippen LogP contribution in [0.5, 0.6) is 0 Å². The van der Waals surface area contributed by atoms with Gasteiger partial charge in [0, 0.05) is 13.0 Å². The number of hydrogen-bond acceptors (Lipinski definition) is 8. The SMILES string of the molecule is N#Cc1c(N)nsc1NCCc1ncno1. The van der Waals surface area contributed by atoms with Crippen molar-refractivity contribution in [3.8, 4) is 6.07 Å². The van der Waals surface area contributed by atoms with Crippen LogP contribution in [0.15, 0.2) is 10.9 Å². The summed E-state index contributed by atoms with van der Waals surface area (Å²) in [6.07, 6.45) is 1.93. The Morgan fingerprint density at radius 1 is 1.62 bits per heavy atom. The summed E-state index contributed by atoms with van der Waals surface area (Å²) in [5.41, 5.74) is 5.90. The van der Waals surface area contributed by atoms with Gasteiger partial charge in [-0.15, -0.1) is 0 Å². The van der Waals surface area contributed by atoms with Crippen LogP contribution in [-0.2, 0) is 6.42 Å². The van der Waals surface area contributed by atoms with E-state index in [0.29, 0.717) is 29.4 Å². The Morgan fingerprint density at radius 3 is 3.19 bits per heavy atom. The van der Waals surface area contributed by atoms with E-state index >= 15 is 0 Å². The molecule has 7 nitrogen and oxygen atoms in total. The van der Waals surface area contributed by atoms with Gasteiger partial charge < -0.3 is 15.6 Å². The fraction of sp³-hybridized carbons (Fsp3) is 0.250. The molecule has 0 atom stereocenters. The predicted molar refractivity (Wildman–Crippen MR) is 57.7 cm³/mol. The van der Waals surface area contributed by atoms with E-state index in [1.165, 1.54) is 6.33 Å². The highest BCUT2D eigenvalue weighted by atomic mass is 32.1. The van der Waals surface area contributed by atoms with Crippen molar-refractivity contribution < 1.29 is 4.52 Å². The molecule has 3 N–H and O–H groups in total. The third-order valence-electron chi connectivity index (χ3n) is 1.86. The average molecular weight is 236 g/mol. The Kier molecular flexibility index (Phi) is 2.98. The van der Waals surface area contributed by atoms with Crippen LogP contribution < -0.4 is 11.1 Å². The highest BCUT2D eigenvalue weighted by Gasteiger charge is 2.10. The molecule has 2 rings (SSSR count). The fourth-order valence-electron chi connectivity index (χ4n) is 1.12. The highest BCUT2D eigenvalue weighted by Crippen LogP contribution is 2.25.